The number of unbranched alkanes of at least 4 members (excludes halogenated alkanes) is 3. The van der Waals surface area contributed by atoms with E-state index in [2.05, 4.69) is 54.3 Å². The number of hydrogen-bond acceptors (Lipinski definition) is 4. The summed E-state index contributed by atoms with van der Waals surface area (Å²) in [6.07, 6.45) is 7.58. The molecule has 162 valence electrons. The van der Waals surface area contributed by atoms with Crippen LogP contribution in [0.5, 0.6) is 11.5 Å². The maximum absolute atomic E-state index is 6.80. The molecule has 1 saturated heterocycles. The van der Waals surface area contributed by atoms with Crippen LogP contribution in [0.3, 0.4) is 0 Å². The van der Waals surface area contributed by atoms with E-state index >= 15 is 0 Å². The number of methoxy groups -OCH3 is 2. The number of nitrogens with zero attached hydrogens (tertiary/aromatic N) is 1. The second-order valence-corrected chi connectivity index (χ2v) is 8.49. The first-order valence-corrected chi connectivity index (χ1v) is 11.5. The van der Waals surface area contributed by atoms with Gasteiger partial charge in [-0.3, -0.25) is 4.90 Å². The molecule has 2 aliphatic heterocycles. The zero-order chi connectivity index (χ0) is 20.9. The summed E-state index contributed by atoms with van der Waals surface area (Å²) in [6.45, 7) is 4.54. The first kappa shape index (κ1) is 21.2. The van der Waals surface area contributed by atoms with Crippen LogP contribution in [-0.4, -0.2) is 38.3 Å². The van der Waals surface area contributed by atoms with E-state index in [0.717, 1.165) is 31.0 Å². The number of fused-ring (bicyclic) bond motifs is 3. The molecule has 4 heteroatoms. The summed E-state index contributed by atoms with van der Waals surface area (Å²) in [4.78, 5) is 2.65. The minimum absolute atomic E-state index is 0.0673. The summed E-state index contributed by atoms with van der Waals surface area (Å²) >= 11 is 0. The van der Waals surface area contributed by atoms with Crippen molar-refractivity contribution in [3.8, 4) is 11.5 Å². The average Bonchev–Trinajstić information content (AvgIpc) is 2.80. The Bertz CT molecular complexity index is 823. The molecule has 0 radical (unpaired) electrons. The van der Waals surface area contributed by atoms with Gasteiger partial charge in [0, 0.05) is 0 Å². The molecule has 1 fully saturated rings. The Morgan fingerprint density at radius 3 is 2.40 bits per heavy atom. The van der Waals surface area contributed by atoms with Crippen molar-refractivity contribution in [1.29, 1.82) is 0 Å². The van der Waals surface area contributed by atoms with Crippen molar-refractivity contribution in [2.24, 2.45) is 0 Å². The van der Waals surface area contributed by atoms with Gasteiger partial charge in [0.25, 0.3) is 0 Å². The van der Waals surface area contributed by atoms with E-state index in [1.807, 2.05) is 0 Å². The summed E-state index contributed by atoms with van der Waals surface area (Å²) in [5, 5.41) is 0. The zero-order valence-electron chi connectivity index (χ0n) is 18.6. The van der Waals surface area contributed by atoms with Crippen LogP contribution in [-0.2, 0) is 4.74 Å². The summed E-state index contributed by atoms with van der Waals surface area (Å²) < 4.78 is 18.1. The standard InChI is InChI=1S/C26H35NO3/c1-4-5-6-10-15-27-16-11-14-22-25(27)20-17-23(28-2)24(29-3)18-21(20)26(30-22)19-12-8-7-9-13-19/h7-9,12-13,17-18,22,25-26H,4-6,10-11,14-16H2,1-3H3/t22-,25-,26?/m0/s1. The first-order chi connectivity index (χ1) is 14.8. The predicted molar refractivity (Wildman–Crippen MR) is 120 cm³/mol. The zero-order valence-corrected chi connectivity index (χ0v) is 18.6. The lowest BCUT2D eigenvalue weighted by Crippen LogP contribution is -2.46. The lowest BCUT2D eigenvalue weighted by atomic mass is 9.82. The molecule has 4 nitrogen and oxygen atoms in total. The summed E-state index contributed by atoms with van der Waals surface area (Å²) in [5.74, 6) is 1.57. The van der Waals surface area contributed by atoms with Gasteiger partial charge in [0.05, 0.1) is 26.4 Å². The molecule has 2 aromatic carbocycles. The minimum atomic E-state index is -0.0673. The highest BCUT2D eigenvalue weighted by atomic mass is 16.5. The molecule has 0 amide bonds. The van der Waals surface area contributed by atoms with Gasteiger partial charge in [0.15, 0.2) is 11.5 Å². The number of hydrogen-bond donors (Lipinski definition) is 0. The predicted octanol–water partition coefficient (Wildman–Crippen LogP) is 5.91. The van der Waals surface area contributed by atoms with Crippen molar-refractivity contribution in [2.45, 2.75) is 63.7 Å². The van der Waals surface area contributed by atoms with Crippen LogP contribution in [0.1, 0.15) is 74.3 Å². The molecule has 0 bridgehead atoms. The van der Waals surface area contributed by atoms with Gasteiger partial charge < -0.3 is 14.2 Å². The van der Waals surface area contributed by atoms with E-state index in [1.54, 1.807) is 14.2 Å². The summed E-state index contributed by atoms with van der Waals surface area (Å²) in [6, 6.07) is 15.2. The number of piperidine rings is 1. The molecule has 0 N–H and O–H groups in total. The van der Waals surface area contributed by atoms with Gasteiger partial charge in [0.1, 0.15) is 6.10 Å². The Morgan fingerprint density at radius 1 is 0.967 bits per heavy atom. The molecule has 30 heavy (non-hydrogen) atoms. The number of likely N-dealkylation sites (tertiary alicyclic amines) is 1. The van der Waals surface area contributed by atoms with Crippen molar-refractivity contribution >= 4 is 0 Å². The Labute approximate surface area is 181 Å². The van der Waals surface area contributed by atoms with Crippen molar-refractivity contribution in [1.82, 2.24) is 4.90 Å². The lowest BCUT2D eigenvalue weighted by Gasteiger charge is -2.47. The second-order valence-electron chi connectivity index (χ2n) is 8.49. The fourth-order valence-corrected chi connectivity index (χ4v) is 5.09. The molecule has 2 aliphatic rings. The summed E-state index contributed by atoms with van der Waals surface area (Å²) in [7, 11) is 3.42. The van der Waals surface area contributed by atoms with Crippen LogP contribution in [0.15, 0.2) is 42.5 Å². The highest BCUT2D eigenvalue weighted by molar-refractivity contribution is 5.52. The number of ether oxygens (including phenoxy) is 3. The fourth-order valence-electron chi connectivity index (χ4n) is 5.09. The van der Waals surface area contributed by atoms with E-state index in [9.17, 15) is 0 Å². The maximum Gasteiger partial charge on any atom is 0.161 e. The topological polar surface area (TPSA) is 30.9 Å². The van der Waals surface area contributed by atoms with Gasteiger partial charge in [-0.1, -0.05) is 56.5 Å². The minimum Gasteiger partial charge on any atom is -0.493 e. The Balaban J connectivity index is 1.73. The lowest BCUT2D eigenvalue weighted by molar-refractivity contribution is -0.0861. The van der Waals surface area contributed by atoms with Crippen LogP contribution in [0, 0.1) is 0 Å². The third-order valence-electron chi connectivity index (χ3n) is 6.58. The Kier molecular flexibility index (Phi) is 6.96. The first-order valence-electron chi connectivity index (χ1n) is 11.5. The third kappa shape index (κ3) is 4.21. The fraction of sp³-hybridized carbons (Fsp3) is 0.538. The normalized spacial score (nSPS) is 23.5. The van der Waals surface area contributed by atoms with Crippen LogP contribution >= 0.6 is 0 Å². The van der Waals surface area contributed by atoms with Gasteiger partial charge in [-0.2, -0.15) is 0 Å². The molecule has 0 aromatic heterocycles. The second kappa shape index (κ2) is 9.84. The smallest absolute Gasteiger partial charge is 0.161 e. The van der Waals surface area contributed by atoms with E-state index < -0.39 is 0 Å². The number of benzene rings is 2. The van der Waals surface area contributed by atoms with E-state index in [0.29, 0.717) is 0 Å². The van der Waals surface area contributed by atoms with E-state index in [-0.39, 0.29) is 18.2 Å². The van der Waals surface area contributed by atoms with Gasteiger partial charge in [-0.25, -0.2) is 0 Å². The molecular weight excluding hydrogens is 374 g/mol. The molecule has 3 atom stereocenters. The maximum atomic E-state index is 6.80. The molecular formula is C26H35NO3. The number of rotatable bonds is 8. The Hall–Kier alpha value is -2.04. The molecule has 4 rings (SSSR count). The van der Waals surface area contributed by atoms with Crippen molar-refractivity contribution in [3.63, 3.8) is 0 Å². The molecule has 0 aliphatic carbocycles. The Morgan fingerprint density at radius 2 is 1.70 bits per heavy atom. The molecule has 2 aromatic rings. The van der Waals surface area contributed by atoms with Crippen LogP contribution < -0.4 is 9.47 Å². The van der Waals surface area contributed by atoms with Gasteiger partial charge >= 0.3 is 0 Å². The highest BCUT2D eigenvalue weighted by Crippen LogP contribution is 2.49. The quantitative estimate of drug-likeness (QED) is 0.507. The third-order valence-corrected chi connectivity index (χ3v) is 6.58. The van der Waals surface area contributed by atoms with Crippen molar-refractivity contribution in [2.75, 3.05) is 27.3 Å². The van der Waals surface area contributed by atoms with Crippen LogP contribution in [0.2, 0.25) is 0 Å². The monoisotopic (exact) mass is 409 g/mol. The SMILES string of the molecule is CCCCCCN1CCC[C@@H]2OC(c3ccccc3)c3cc(OC)c(OC)cc3[C@@H]21. The van der Waals surface area contributed by atoms with Gasteiger partial charge in [-0.15, -0.1) is 0 Å². The highest BCUT2D eigenvalue weighted by Gasteiger charge is 2.42. The van der Waals surface area contributed by atoms with Gasteiger partial charge in [0.2, 0.25) is 0 Å². The molecule has 0 saturated carbocycles. The van der Waals surface area contributed by atoms with Crippen LogP contribution in [0.25, 0.3) is 0 Å². The largest absolute Gasteiger partial charge is 0.493 e. The summed E-state index contributed by atoms with van der Waals surface area (Å²) in [5.41, 5.74) is 3.75. The molecule has 1 unspecified atom stereocenters. The van der Waals surface area contributed by atoms with Gasteiger partial charge in [-0.05, 0) is 61.2 Å². The van der Waals surface area contributed by atoms with Crippen molar-refractivity contribution < 1.29 is 14.2 Å². The van der Waals surface area contributed by atoms with Crippen LogP contribution in [0.4, 0.5) is 0 Å². The molecule has 2 heterocycles. The average molecular weight is 410 g/mol. The van der Waals surface area contributed by atoms with E-state index in [4.69, 9.17) is 14.2 Å². The molecule has 0 spiro atoms. The van der Waals surface area contributed by atoms with Crippen molar-refractivity contribution in [3.05, 3.63) is 59.2 Å². The van der Waals surface area contributed by atoms with E-state index in [1.165, 1.54) is 48.8 Å².